The van der Waals surface area contributed by atoms with Crippen molar-refractivity contribution < 1.29 is 24.1 Å². The Morgan fingerprint density at radius 2 is 2.06 bits per heavy atom. The molecule has 1 aromatic rings. The van der Waals surface area contributed by atoms with E-state index in [1.807, 2.05) is 43.5 Å². The number of aryl methyl sites for hydroxylation is 1. The van der Waals surface area contributed by atoms with Gasteiger partial charge in [-0.25, -0.2) is 4.79 Å². The normalized spacial score (nSPS) is 31.9. The fourth-order valence-corrected chi connectivity index (χ4v) is 6.34. The molecule has 6 nitrogen and oxygen atoms in total. The van der Waals surface area contributed by atoms with Gasteiger partial charge in [-0.3, -0.25) is 5.32 Å². The highest BCUT2D eigenvalue weighted by atomic mass is 32.2. The predicted octanol–water partition coefficient (Wildman–Crippen LogP) is 5.07. The van der Waals surface area contributed by atoms with Gasteiger partial charge in [0.1, 0.15) is 17.8 Å². The molecule has 3 rings (SSSR count). The molecule has 194 valence electrons. The van der Waals surface area contributed by atoms with Crippen LogP contribution in [-0.4, -0.2) is 64.8 Å². The molecule has 0 aromatic heterocycles. The number of thiocarbonyl (C=S) groups is 1. The lowest BCUT2D eigenvalue weighted by Gasteiger charge is -2.48. The van der Waals surface area contributed by atoms with Gasteiger partial charge in [0.25, 0.3) is 0 Å². The molecule has 0 radical (unpaired) electrons. The molecule has 1 aliphatic carbocycles. The van der Waals surface area contributed by atoms with Crippen LogP contribution in [0.25, 0.3) is 0 Å². The van der Waals surface area contributed by atoms with E-state index in [9.17, 15) is 9.90 Å². The molecular formula is C27H39NO5S2. The number of ether oxygens (including phenoxy) is 3. The van der Waals surface area contributed by atoms with Crippen molar-refractivity contribution in [3.05, 3.63) is 47.5 Å². The first-order valence-electron chi connectivity index (χ1n) is 12.2. The quantitative estimate of drug-likeness (QED) is 0.253. The maximum atomic E-state index is 12.7. The van der Waals surface area contributed by atoms with Crippen molar-refractivity contribution in [2.45, 2.75) is 82.4 Å². The van der Waals surface area contributed by atoms with Crippen molar-refractivity contribution in [1.29, 1.82) is 0 Å². The van der Waals surface area contributed by atoms with Crippen molar-refractivity contribution >= 4 is 35.1 Å². The van der Waals surface area contributed by atoms with Gasteiger partial charge in [-0.05, 0) is 58.3 Å². The molecule has 1 amide bonds. The third-order valence-electron chi connectivity index (χ3n) is 7.12. The highest BCUT2D eigenvalue weighted by Gasteiger charge is 2.67. The summed E-state index contributed by atoms with van der Waals surface area (Å²) in [5.41, 5.74) is 0.861. The number of nitrogens with one attached hydrogen (secondary N) is 1. The third-order valence-corrected chi connectivity index (χ3v) is 8.22. The average molecular weight is 522 g/mol. The van der Waals surface area contributed by atoms with E-state index in [4.69, 9.17) is 26.4 Å². The Balaban J connectivity index is 1.66. The van der Waals surface area contributed by atoms with Gasteiger partial charge in [0.15, 0.2) is 0 Å². The minimum Gasteiger partial charge on any atom is -0.443 e. The maximum Gasteiger partial charge on any atom is 0.412 e. The van der Waals surface area contributed by atoms with Crippen LogP contribution in [0.2, 0.25) is 0 Å². The molecule has 1 saturated carbocycles. The van der Waals surface area contributed by atoms with Gasteiger partial charge < -0.3 is 19.3 Å². The number of carbonyl (C=O) groups excluding carboxylic acids is 1. The standard InChI is InChI=1S/C27H39NO5S2/c1-18(2)11-13-21-26(3,33-21)24-23(31-4)20(15-16-27(24,30)17-35-5)32-25(29)28-22(34)14-12-19-9-7-6-8-10-19/h6-11,20-21,23-24,30H,12-17H2,1-5H3,(H,28,29,34). The van der Waals surface area contributed by atoms with Gasteiger partial charge in [-0.15, -0.1) is 0 Å². The highest BCUT2D eigenvalue weighted by Crippen LogP contribution is 2.55. The number of hydrogen-bond acceptors (Lipinski definition) is 7. The van der Waals surface area contributed by atoms with E-state index < -0.39 is 29.5 Å². The minimum absolute atomic E-state index is 0.00780. The Bertz CT molecular complexity index is 906. The Kier molecular flexibility index (Phi) is 9.80. The van der Waals surface area contributed by atoms with E-state index in [1.165, 1.54) is 5.57 Å². The highest BCUT2D eigenvalue weighted by molar-refractivity contribution is 7.98. The van der Waals surface area contributed by atoms with Gasteiger partial charge in [0.2, 0.25) is 0 Å². The number of methoxy groups -OCH3 is 1. The Hall–Kier alpha value is -1.45. The first kappa shape index (κ1) is 28.1. The van der Waals surface area contributed by atoms with Crippen LogP contribution in [0.15, 0.2) is 42.0 Å². The second-order valence-electron chi connectivity index (χ2n) is 10.0. The zero-order valence-electron chi connectivity index (χ0n) is 21.4. The molecule has 35 heavy (non-hydrogen) atoms. The zero-order valence-corrected chi connectivity index (χ0v) is 23.0. The summed E-state index contributed by atoms with van der Waals surface area (Å²) in [5.74, 6) is 0.230. The van der Waals surface area contributed by atoms with Crippen LogP contribution < -0.4 is 5.32 Å². The lowest BCUT2D eigenvalue weighted by atomic mass is 9.66. The van der Waals surface area contributed by atoms with Gasteiger partial charge >= 0.3 is 6.09 Å². The van der Waals surface area contributed by atoms with E-state index in [0.29, 0.717) is 30.0 Å². The zero-order chi connectivity index (χ0) is 25.6. The van der Waals surface area contributed by atoms with Crippen LogP contribution in [0.5, 0.6) is 0 Å². The number of carbonyl (C=O) groups is 1. The molecule has 1 aromatic carbocycles. The van der Waals surface area contributed by atoms with Crippen molar-refractivity contribution in [1.82, 2.24) is 5.32 Å². The number of epoxide rings is 1. The summed E-state index contributed by atoms with van der Waals surface area (Å²) < 4.78 is 17.9. The minimum atomic E-state index is -0.976. The monoisotopic (exact) mass is 521 g/mol. The second-order valence-corrected chi connectivity index (χ2v) is 11.4. The number of hydrogen-bond donors (Lipinski definition) is 2. The topological polar surface area (TPSA) is 80.3 Å². The Morgan fingerprint density at radius 1 is 1.34 bits per heavy atom. The number of thioether (sulfide) groups is 1. The van der Waals surface area contributed by atoms with Gasteiger partial charge in [-0.1, -0.05) is 54.2 Å². The van der Waals surface area contributed by atoms with Crippen LogP contribution in [0.3, 0.4) is 0 Å². The first-order chi connectivity index (χ1) is 16.6. The Morgan fingerprint density at radius 3 is 2.69 bits per heavy atom. The summed E-state index contributed by atoms with van der Waals surface area (Å²) >= 11 is 6.98. The SMILES string of the molecule is COC1C(OC(=O)NC(=S)CCc2ccccc2)CCC(O)(CSC)C1C1(C)OC1CC=C(C)C. The summed E-state index contributed by atoms with van der Waals surface area (Å²) in [7, 11) is 1.61. The van der Waals surface area contributed by atoms with Crippen molar-refractivity contribution in [3.63, 3.8) is 0 Å². The molecule has 1 heterocycles. The van der Waals surface area contributed by atoms with Crippen molar-refractivity contribution in [2.24, 2.45) is 5.92 Å². The van der Waals surface area contributed by atoms with E-state index in [1.54, 1.807) is 18.9 Å². The number of amides is 1. The molecule has 2 fully saturated rings. The average Bonchev–Trinajstić information content (AvgIpc) is 3.48. The largest absolute Gasteiger partial charge is 0.443 e. The second kappa shape index (κ2) is 12.2. The van der Waals surface area contributed by atoms with E-state index in [-0.39, 0.29) is 12.0 Å². The summed E-state index contributed by atoms with van der Waals surface area (Å²) in [5, 5.41) is 14.4. The molecule has 1 saturated heterocycles. The van der Waals surface area contributed by atoms with Crippen LogP contribution in [0.1, 0.15) is 52.0 Å². The number of rotatable bonds is 10. The lowest BCUT2D eigenvalue weighted by molar-refractivity contribution is -0.169. The molecule has 6 atom stereocenters. The fourth-order valence-electron chi connectivity index (χ4n) is 5.33. The fraction of sp³-hybridized carbons (Fsp3) is 0.630. The molecule has 1 aliphatic heterocycles. The van der Waals surface area contributed by atoms with Crippen LogP contribution in [0.4, 0.5) is 4.79 Å². The summed E-state index contributed by atoms with van der Waals surface area (Å²) in [6.45, 7) is 6.17. The molecule has 8 heteroatoms. The van der Waals surface area contributed by atoms with Gasteiger partial charge in [0.05, 0.1) is 16.7 Å². The van der Waals surface area contributed by atoms with Crippen molar-refractivity contribution in [2.75, 3.05) is 19.1 Å². The predicted molar refractivity (Wildman–Crippen MR) is 145 cm³/mol. The Labute approximate surface area is 219 Å². The maximum absolute atomic E-state index is 12.7. The van der Waals surface area contributed by atoms with Gasteiger partial charge in [-0.2, -0.15) is 11.8 Å². The van der Waals surface area contributed by atoms with E-state index in [0.717, 1.165) is 18.4 Å². The number of alkyl carbamates (subject to hydrolysis) is 1. The summed E-state index contributed by atoms with van der Waals surface area (Å²) in [4.78, 5) is 13.2. The summed E-state index contributed by atoms with van der Waals surface area (Å²) in [6, 6.07) is 10.0. The molecular weight excluding hydrogens is 482 g/mol. The third kappa shape index (κ3) is 7.07. The number of benzene rings is 1. The van der Waals surface area contributed by atoms with Gasteiger partial charge in [0, 0.05) is 25.2 Å². The van der Waals surface area contributed by atoms with Crippen LogP contribution in [-0.2, 0) is 20.6 Å². The van der Waals surface area contributed by atoms with E-state index >= 15 is 0 Å². The number of allylic oxidation sites excluding steroid dienone is 1. The van der Waals surface area contributed by atoms with Crippen LogP contribution in [0, 0.1) is 5.92 Å². The number of aliphatic hydroxyl groups is 1. The molecule has 0 bridgehead atoms. The van der Waals surface area contributed by atoms with Crippen molar-refractivity contribution in [3.8, 4) is 0 Å². The van der Waals surface area contributed by atoms with Crippen LogP contribution >= 0.6 is 24.0 Å². The molecule has 2 N–H and O–H groups in total. The molecule has 0 spiro atoms. The molecule has 6 unspecified atom stereocenters. The first-order valence-corrected chi connectivity index (χ1v) is 14.0. The smallest absolute Gasteiger partial charge is 0.412 e. The molecule has 2 aliphatic rings. The summed E-state index contributed by atoms with van der Waals surface area (Å²) in [6.07, 6.45) is 5.65. The lowest BCUT2D eigenvalue weighted by Crippen LogP contribution is -2.61. The van der Waals surface area contributed by atoms with E-state index in [2.05, 4.69) is 25.2 Å².